The average molecular weight is 660 g/mol. The molecule has 0 fully saturated rings. The Kier molecular flexibility index (Phi) is 8.29. The molecule has 0 aliphatic rings. The van der Waals surface area contributed by atoms with Gasteiger partial charge in [-0.1, -0.05) is 0 Å². The van der Waals surface area contributed by atoms with E-state index in [1.807, 2.05) is 0 Å². The van der Waals surface area contributed by atoms with Gasteiger partial charge in [-0.05, 0) is 24.3 Å². The van der Waals surface area contributed by atoms with Gasteiger partial charge in [-0.2, -0.15) is 87.8 Å². The number of H-pyrrole nitrogens is 2. The van der Waals surface area contributed by atoms with E-state index in [4.69, 9.17) is 0 Å². The molecule has 2 rings (SSSR count). The van der Waals surface area contributed by atoms with Crippen LogP contribution in [-0.2, 0) is 12.8 Å². The molecule has 0 unspecified atom stereocenters. The highest BCUT2D eigenvalue weighted by Gasteiger charge is 2.97. The molecule has 2 aromatic rings. The van der Waals surface area contributed by atoms with Gasteiger partial charge in [0.2, 0.25) is 0 Å². The van der Waals surface area contributed by atoms with Crippen molar-refractivity contribution in [1.82, 2.24) is 9.97 Å². The summed E-state index contributed by atoms with van der Waals surface area (Å²) in [5.41, 5.74) is -2.38. The molecule has 0 aliphatic heterocycles. The summed E-state index contributed by atoms with van der Waals surface area (Å²) in [6.07, 6.45) is -4.16. The number of rotatable bonds is 13. The van der Waals surface area contributed by atoms with E-state index in [0.29, 0.717) is 24.5 Å². The number of nitrogens with one attached hydrogen (secondary N) is 2. The molecule has 0 saturated carbocycles. The molecule has 42 heavy (non-hydrogen) atoms. The summed E-state index contributed by atoms with van der Waals surface area (Å²) in [6.45, 7) is 0. The molecule has 2 heterocycles. The molecule has 0 atom stereocenters. The van der Waals surface area contributed by atoms with Gasteiger partial charge in [0.1, 0.15) is 0 Å². The maximum Gasteiger partial charge on any atom is 0.385 e. The van der Waals surface area contributed by atoms with E-state index >= 15 is 0 Å². The van der Waals surface area contributed by atoms with Crippen molar-refractivity contribution in [3.05, 3.63) is 48.0 Å². The summed E-state index contributed by atoms with van der Waals surface area (Å²) in [5.74, 6) is -81.9. The number of hydrogen-bond donors (Lipinski definition) is 2. The molecule has 0 spiro atoms. The van der Waals surface area contributed by atoms with Crippen LogP contribution in [-0.4, -0.2) is 69.2 Å². The highest BCUT2D eigenvalue weighted by Crippen LogP contribution is 2.66. The second-order valence-corrected chi connectivity index (χ2v) is 8.75. The Morgan fingerprint density at radius 2 is 0.571 bits per heavy atom. The molecule has 0 aromatic carbocycles. The van der Waals surface area contributed by atoms with Crippen molar-refractivity contribution < 1.29 is 87.8 Å². The van der Waals surface area contributed by atoms with Crippen molar-refractivity contribution in [2.75, 3.05) is 0 Å². The zero-order valence-electron chi connectivity index (χ0n) is 19.4. The predicted octanol–water partition coefficient (Wildman–Crippen LogP) is 8.48. The van der Waals surface area contributed by atoms with Gasteiger partial charge in [0.05, 0.1) is 12.8 Å². The monoisotopic (exact) mass is 660 g/mol. The number of aromatic nitrogens is 2. The third kappa shape index (κ3) is 4.66. The van der Waals surface area contributed by atoms with Crippen LogP contribution in [0.15, 0.2) is 36.7 Å². The highest BCUT2D eigenvalue weighted by atomic mass is 19.4. The van der Waals surface area contributed by atoms with E-state index in [-0.39, 0.29) is 0 Å². The van der Waals surface area contributed by atoms with Crippen molar-refractivity contribution in [3.8, 4) is 0 Å². The molecule has 0 aliphatic carbocycles. The van der Waals surface area contributed by atoms with Gasteiger partial charge in [0, 0.05) is 23.8 Å². The van der Waals surface area contributed by atoms with Gasteiger partial charge in [0.15, 0.2) is 0 Å². The van der Waals surface area contributed by atoms with Crippen LogP contribution in [0.25, 0.3) is 0 Å². The summed E-state index contributed by atoms with van der Waals surface area (Å²) in [6, 6.07) is 2.28. The summed E-state index contributed by atoms with van der Waals surface area (Å²) in [4.78, 5) is 3.31. The van der Waals surface area contributed by atoms with E-state index in [1.165, 1.54) is 0 Å². The second-order valence-electron chi connectivity index (χ2n) is 8.75. The Bertz CT molecular complexity index is 1100. The Morgan fingerprint density at radius 3 is 0.762 bits per heavy atom. The molecule has 0 saturated heterocycles. The molecule has 0 amide bonds. The zero-order valence-corrected chi connectivity index (χ0v) is 19.4. The van der Waals surface area contributed by atoms with Crippen LogP contribution in [0.4, 0.5) is 87.8 Å². The smallest absolute Gasteiger partial charge is 0.365 e. The number of alkyl halides is 20. The van der Waals surface area contributed by atoms with Crippen molar-refractivity contribution >= 4 is 0 Å². The first-order valence-electron chi connectivity index (χ1n) is 10.4. The summed E-state index contributed by atoms with van der Waals surface area (Å²) < 4.78 is 279. The van der Waals surface area contributed by atoms with E-state index < -0.39 is 83.5 Å². The Labute approximate surface area is 219 Å². The Morgan fingerprint density at radius 1 is 0.357 bits per heavy atom. The van der Waals surface area contributed by atoms with E-state index in [2.05, 4.69) is 0 Å². The van der Waals surface area contributed by atoms with E-state index in [9.17, 15) is 87.8 Å². The van der Waals surface area contributed by atoms with Crippen molar-refractivity contribution in [3.63, 3.8) is 0 Å². The molecule has 242 valence electrons. The van der Waals surface area contributed by atoms with Crippen LogP contribution >= 0.6 is 0 Å². The third-order valence-corrected chi connectivity index (χ3v) is 5.83. The topological polar surface area (TPSA) is 31.6 Å². The van der Waals surface area contributed by atoms with Gasteiger partial charge in [-0.25, -0.2) is 0 Å². The average Bonchev–Trinajstić information content (AvgIpc) is 3.51. The lowest BCUT2D eigenvalue weighted by Gasteiger charge is -2.45. The van der Waals surface area contributed by atoms with Gasteiger partial charge in [-0.3, -0.25) is 0 Å². The van der Waals surface area contributed by atoms with Crippen LogP contribution in [0.1, 0.15) is 11.4 Å². The lowest BCUT2D eigenvalue weighted by molar-refractivity contribution is -0.468. The standard InChI is InChI=1S/C20H12F20N2/c21-11(22,7-9-3-1-5-41-9)13(25,26)15(29,30)17(33,34)19(37,38)20(39,40)18(35,36)16(31,32)14(27,28)12(23,24)8-10-4-2-6-42-10/h1-6,41-42H,7-8H2. The van der Waals surface area contributed by atoms with Crippen molar-refractivity contribution in [2.24, 2.45) is 0 Å². The number of hydrogen-bond acceptors (Lipinski definition) is 0. The summed E-state index contributed by atoms with van der Waals surface area (Å²) >= 11 is 0. The molecule has 0 radical (unpaired) electrons. The highest BCUT2D eigenvalue weighted by molar-refractivity contribution is 5.20. The molecule has 0 bridgehead atoms. The largest absolute Gasteiger partial charge is 0.385 e. The van der Waals surface area contributed by atoms with Gasteiger partial charge < -0.3 is 9.97 Å². The maximum absolute atomic E-state index is 14.0. The summed E-state index contributed by atoms with van der Waals surface area (Å²) in [5, 5.41) is 0. The second kappa shape index (κ2) is 9.84. The first kappa shape index (κ1) is 35.4. The van der Waals surface area contributed by atoms with Crippen molar-refractivity contribution in [1.29, 1.82) is 0 Å². The fraction of sp³-hybridized carbons (Fsp3) is 0.600. The van der Waals surface area contributed by atoms with Gasteiger partial charge in [-0.15, -0.1) is 0 Å². The normalized spacial score (nSPS) is 15.8. The molecule has 2 aromatic heterocycles. The minimum absolute atomic E-state index is 0.414. The number of halogens is 20. The first-order chi connectivity index (χ1) is 18.4. The number of aromatic amines is 2. The van der Waals surface area contributed by atoms with Crippen LogP contribution in [0.3, 0.4) is 0 Å². The summed E-state index contributed by atoms with van der Waals surface area (Å²) in [7, 11) is 0. The van der Waals surface area contributed by atoms with E-state index in [0.717, 1.165) is 12.1 Å². The quantitative estimate of drug-likeness (QED) is 0.202. The molecular weight excluding hydrogens is 648 g/mol. The van der Waals surface area contributed by atoms with Gasteiger partial charge >= 0.3 is 59.2 Å². The molecular formula is C20H12F20N2. The molecule has 2 nitrogen and oxygen atoms in total. The Balaban J connectivity index is 2.60. The van der Waals surface area contributed by atoms with E-state index in [1.54, 1.807) is 9.97 Å². The maximum atomic E-state index is 14.0. The minimum atomic E-state index is -9.03. The Hall–Kier alpha value is -2.84. The SMILES string of the molecule is FC(F)(Cc1ccc[nH]1)C(F)(F)C(F)(F)C(F)(F)C(F)(F)C(F)(F)C(F)(F)C(F)(F)C(F)(F)C(F)(F)Cc1ccc[nH]1. The van der Waals surface area contributed by atoms with Crippen LogP contribution in [0, 0.1) is 0 Å². The lowest BCUT2D eigenvalue weighted by Crippen LogP contribution is -2.77. The first-order valence-corrected chi connectivity index (χ1v) is 10.4. The van der Waals surface area contributed by atoms with Gasteiger partial charge in [0.25, 0.3) is 0 Å². The fourth-order valence-corrected chi connectivity index (χ4v) is 3.30. The van der Waals surface area contributed by atoms with Crippen molar-refractivity contribution in [2.45, 2.75) is 72.1 Å². The lowest BCUT2D eigenvalue weighted by atomic mass is 9.84. The third-order valence-electron chi connectivity index (χ3n) is 5.83. The molecule has 2 N–H and O–H groups in total. The predicted molar refractivity (Wildman–Crippen MR) is 98.5 cm³/mol. The zero-order chi connectivity index (χ0) is 33.2. The minimum Gasteiger partial charge on any atom is -0.365 e. The van der Waals surface area contributed by atoms with Crippen LogP contribution in [0.2, 0.25) is 0 Å². The fourth-order valence-electron chi connectivity index (χ4n) is 3.30. The van der Waals surface area contributed by atoms with Crippen LogP contribution in [0.5, 0.6) is 0 Å². The van der Waals surface area contributed by atoms with Crippen LogP contribution < -0.4 is 0 Å². The molecule has 22 heteroatoms.